The fourth-order valence-corrected chi connectivity index (χ4v) is 2.66. The topological polar surface area (TPSA) is 101 Å². The smallest absolute Gasteiger partial charge is 0.218 e. The number of hydrogen-bond donors (Lipinski definition) is 1. The van der Waals surface area contributed by atoms with Crippen LogP contribution in [0.2, 0.25) is 0 Å². The zero-order valence-corrected chi connectivity index (χ0v) is 9.90. The lowest BCUT2D eigenvalue weighted by Crippen LogP contribution is -2.18. The number of sulfone groups is 1. The van der Waals surface area contributed by atoms with Crippen molar-refractivity contribution in [1.29, 1.82) is 5.26 Å². The zero-order chi connectivity index (χ0) is 12.9. The molecule has 5 nitrogen and oxygen atoms in total. The van der Waals surface area contributed by atoms with E-state index < -0.39 is 15.7 Å². The third-order valence-corrected chi connectivity index (χ3v) is 3.70. The second-order valence-corrected chi connectivity index (χ2v) is 5.80. The molecular formula is C11H12N2O3S. The van der Waals surface area contributed by atoms with Gasteiger partial charge < -0.3 is 5.73 Å². The number of carbonyl (C=O) groups is 1. The Morgan fingerprint density at radius 2 is 2.12 bits per heavy atom. The molecule has 0 saturated carbocycles. The maximum atomic E-state index is 11.6. The summed E-state index contributed by atoms with van der Waals surface area (Å²) in [6.07, 6.45) is -0.180. The molecule has 6 heteroatoms. The number of primary amides is 1. The van der Waals surface area contributed by atoms with Crippen molar-refractivity contribution in [3.05, 3.63) is 35.4 Å². The van der Waals surface area contributed by atoms with Gasteiger partial charge in [-0.2, -0.15) is 5.26 Å². The minimum Gasteiger partial charge on any atom is -0.370 e. The lowest BCUT2D eigenvalue weighted by molar-refractivity contribution is -0.117. The van der Waals surface area contributed by atoms with E-state index >= 15 is 0 Å². The van der Waals surface area contributed by atoms with Crippen molar-refractivity contribution in [3.63, 3.8) is 0 Å². The fraction of sp³-hybridized carbons (Fsp3) is 0.273. The van der Waals surface area contributed by atoms with Gasteiger partial charge in [0, 0.05) is 6.42 Å². The quantitative estimate of drug-likeness (QED) is 0.816. The normalized spacial score (nSPS) is 10.8. The summed E-state index contributed by atoms with van der Waals surface area (Å²) in [5.41, 5.74) is 5.84. The maximum absolute atomic E-state index is 11.6. The van der Waals surface area contributed by atoms with E-state index in [9.17, 15) is 13.2 Å². The third kappa shape index (κ3) is 4.66. The van der Waals surface area contributed by atoms with Crippen LogP contribution in [0.3, 0.4) is 0 Å². The molecule has 0 spiro atoms. The van der Waals surface area contributed by atoms with Crippen molar-refractivity contribution in [2.45, 2.75) is 12.2 Å². The van der Waals surface area contributed by atoms with E-state index in [1.165, 1.54) is 6.07 Å². The van der Waals surface area contributed by atoms with Gasteiger partial charge in [0.25, 0.3) is 0 Å². The molecule has 0 radical (unpaired) electrons. The van der Waals surface area contributed by atoms with Crippen molar-refractivity contribution < 1.29 is 13.2 Å². The first-order chi connectivity index (χ1) is 7.93. The Labute approximate surface area is 99.8 Å². The van der Waals surface area contributed by atoms with Gasteiger partial charge >= 0.3 is 0 Å². The SMILES string of the molecule is N#Cc1cccc(CS(=O)(=O)CCC(N)=O)c1. The molecule has 0 aliphatic carbocycles. The third-order valence-electron chi connectivity index (χ3n) is 2.10. The molecule has 90 valence electrons. The van der Waals surface area contributed by atoms with Crippen LogP contribution in [-0.2, 0) is 20.4 Å². The summed E-state index contributed by atoms with van der Waals surface area (Å²) in [7, 11) is -3.36. The summed E-state index contributed by atoms with van der Waals surface area (Å²) in [6.45, 7) is 0. The molecule has 17 heavy (non-hydrogen) atoms. The first-order valence-corrected chi connectivity index (χ1v) is 6.73. The average molecular weight is 252 g/mol. The Bertz CT molecular complexity index is 558. The minimum atomic E-state index is -3.36. The highest BCUT2D eigenvalue weighted by Crippen LogP contribution is 2.09. The van der Waals surface area contributed by atoms with E-state index in [0.29, 0.717) is 11.1 Å². The number of hydrogen-bond acceptors (Lipinski definition) is 4. The van der Waals surface area contributed by atoms with E-state index in [4.69, 9.17) is 11.0 Å². The van der Waals surface area contributed by atoms with Crippen LogP contribution < -0.4 is 5.73 Å². The summed E-state index contributed by atoms with van der Waals surface area (Å²) < 4.78 is 23.2. The summed E-state index contributed by atoms with van der Waals surface area (Å²) >= 11 is 0. The molecule has 1 rings (SSSR count). The summed E-state index contributed by atoms with van der Waals surface area (Å²) in [4.78, 5) is 10.5. The van der Waals surface area contributed by atoms with Gasteiger partial charge in [-0.1, -0.05) is 12.1 Å². The summed E-state index contributed by atoms with van der Waals surface area (Å²) in [5.74, 6) is -1.09. The Kier molecular flexibility index (Phi) is 4.24. The predicted octanol–water partition coefficient (Wildman–Crippen LogP) is 0.348. The summed E-state index contributed by atoms with van der Waals surface area (Å²) in [6, 6.07) is 8.30. The van der Waals surface area contributed by atoms with Crippen molar-refractivity contribution in [3.8, 4) is 6.07 Å². The fourth-order valence-electron chi connectivity index (χ4n) is 1.31. The van der Waals surface area contributed by atoms with E-state index in [-0.39, 0.29) is 17.9 Å². The van der Waals surface area contributed by atoms with Gasteiger partial charge in [-0.3, -0.25) is 4.79 Å². The van der Waals surface area contributed by atoms with Crippen LogP contribution in [0, 0.1) is 11.3 Å². The maximum Gasteiger partial charge on any atom is 0.218 e. The minimum absolute atomic E-state index is 0.180. The number of nitrogens with zero attached hydrogens (tertiary/aromatic N) is 1. The lowest BCUT2D eigenvalue weighted by Gasteiger charge is -2.03. The Balaban J connectivity index is 2.76. The molecule has 0 heterocycles. The average Bonchev–Trinajstić information content (AvgIpc) is 2.26. The van der Waals surface area contributed by atoms with Crippen LogP contribution in [0.25, 0.3) is 0 Å². The molecule has 2 N–H and O–H groups in total. The van der Waals surface area contributed by atoms with E-state index in [1.807, 2.05) is 6.07 Å². The molecule has 0 saturated heterocycles. The van der Waals surface area contributed by atoms with Gasteiger partial charge in [0.1, 0.15) is 0 Å². The van der Waals surface area contributed by atoms with Crippen LogP contribution in [0.1, 0.15) is 17.5 Å². The first kappa shape index (κ1) is 13.2. The Hall–Kier alpha value is -1.87. The Morgan fingerprint density at radius 3 is 2.71 bits per heavy atom. The number of nitrogens with two attached hydrogens (primary N) is 1. The molecule has 0 aliphatic rings. The number of benzene rings is 1. The first-order valence-electron chi connectivity index (χ1n) is 4.91. The number of rotatable bonds is 5. The molecule has 0 bridgehead atoms. The van der Waals surface area contributed by atoms with E-state index in [1.54, 1.807) is 18.2 Å². The van der Waals surface area contributed by atoms with Gasteiger partial charge in [-0.25, -0.2) is 8.42 Å². The van der Waals surface area contributed by atoms with Gasteiger partial charge in [-0.15, -0.1) is 0 Å². The molecule has 0 aliphatic heterocycles. The van der Waals surface area contributed by atoms with E-state index in [2.05, 4.69) is 0 Å². The number of nitriles is 1. The van der Waals surface area contributed by atoms with Gasteiger partial charge in [0.05, 0.1) is 23.1 Å². The second-order valence-electron chi connectivity index (χ2n) is 3.62. The predicted molar refractivity (Wildman–Crippen MR) is 62.5 cm³/mol. The van der Waals surface area contributed by atoms with Crippen LogP contribution >= 0.6 is 0 Å². The van der Waals surface area contributed by atoms with Gasteiger partial charge in [-0.05, 0) is 17.7 Å². The zero-order valence-electron chi connectivity index (χ0n) is 9.09. The lowest BCUT2D eigenvalue weighted by atomic mass is 10.2. The molecular weight excluding hydrogens is 240 g/mol. The number of amides is 1. The van der Waals surface area contributed by atoms with Crippen LogP contribution in [0.15, 0.2) is 24.3 Å². The van der Waals surface area contributed by atoms with Crippen molar-refractivity contribution >= 4 is 15.7 Å². The van der Waals surface area contributed by atoms with Crippen LogP contribution in [0.4, 0.5) is 0 Å². The van der Waals surface area contributed by atoms with E-state index in [0.717, 1.165) is 0 Å². The number of carbonyl (C=O) groups excluding carboxylic acids is 1. The van der Waals surface area contributed by atoms with Crippen molar-refractivity contribution in [2.75, 3.05) is 5.75 Å². The largest absolute Gasteiger partial charge is 0.370 e. The highest BCUT2D eigenvalue weighted by molar-refractivity contribution is 7.90. The highest BCUT2D eigenvalue weighted by atomic mass is 32.2. The van der Waals surface area contributed by atoms with Crippen LogP contribution in [-0.4, -0.2) is 20.1 Å². The molecule has 1 aromatic carbocycles. The summed E-state index contributed by atoms with van der Waals surface area (Å²) in [5, 5.41) is 8.68. The monoisotopic (exact) mass is 252 g/mol. The molecule has 1 amide bonds. The standard InChI is InChI=1S/C11H12N2O3S/c12-7-9-2-1-3-10(6-9)8-17(15,16)5-4-11(13)14/h1-3,6H,4-5,8H2,(H2,13,14). The van der Waals surface area contributed by atoms with Gasteiger partial charge in [0.2, 0.25) is 5.91 Å². The second kappa shape index (κ2) is 5.46. The molecule has 0 fully saturated rings. The van der Waals surface area contributed by atoms with Crippen molar-refractivity contribution in [1.82, 2.24) is 0 Å². The molecule has 0 aromatic heterocycles. The molecule has 0 atom stereocenters. The Morgan fingerprint density at radius 1 is 1.41 bits per heavy atom. The molecule has 0 unspecified atom stereocenters. The van der Waals surface area contributed by atoms with Gasteiger partial charge in [0.15, 0.2) is 9.84 Å². The van der Waals surface area contributed by atoms with Crippen LogP contribution in [0.5, 0.6) is 0 Å². The highest BCUT2D eigenvalue weighted by Gasteiger charge is 2.13. The van der Waals surface area contributed by atoms with Crippen molar-refractivity contribution in [2.24, 2.45) is 5.73 Å². The molecule has 1 aromatic rings.